The summed E-state index contributed by atoms with van der Waals surface area (Å²) < 4.78 is 7.08. The Kier molecular flexibility index (Phi) is 6.76. The molecule has 1 aliphatic rings. The molecule has 0 spiro atoms. The fourth-order valence-electron chi connectivity index (χ4n) is 4.13. The minimum atomic E-state index is -0.396. The number of nitrogens with zero attached hydrogens (tertiary/aromatic N) is 3. The molecule has 0 saturated heterocycles. The highest BCUT2D eigenvalue weighted by Gasteiger charge is 2.23. The predicted molar refractivity (Wildman–Crippen MR) is 146 cm³/mol. The van der Waals surface area contributed by atoms with E-state index < -0.39 is 5.56 Å². The number of phenols is 1. The summed E-state index contributed by atoms with van der Waals surface area (Å²) in [7, 11) is 3.28. The zero-order valence-electron chi connectivity index (χ0n) is 20.6. The lowest BCUT2D eigenvalue weighted by Crippen LogP contribution is -2.35. The first-order valence-corrected chi connectivity index (χ1v) is 12.4. The smallest absolute Gasteiger partial charge is 0.275 e. The number of likely N-dealkylation sites (N-methyl/N-ethyl adjacent to an activating group) is 1. The van der Waals surface area contributed by atoms with Gasteiger partial charge in [0.2, 0.25) is 5.91 Å². The third-order valence-corrected chi connectivity index (χ3v) is 6.74. The Balaban J connectivity index is 1.54. The molecule has 1 amide bonds. The molecule has 0 unspecified atom stereocenters. The van der Waals surface area contributed by atoms with E-state index in [0.29, 0.717) is 51.1 Å². The topological polar surface area (TPSA) is 96.7 Å². The molecule has 0 bridgehead atoms. The molecule has 1 heterocycles. The number of anilines is 2. The van der Waals surface area contributed by atoms with Gasteiger partial charge in [-0.15, -0.1) is 0 Å². The fraction of sp³-hybridized carbons (Fsp3) is 0.250. The number of phenolic OH excluding ortho intramolecular Hbond substituents is 1. The number of rotatable bonds is 8. The van der Waals surface area contributed by atoms with Crippen LogP contribution in [0.3, 0.4) is 0 Å². The normalized spacial score (nSPS) is 12.9. The predicted octanol–water partition coefficient (Wildman–Crippen LogP) is 4.92. The van der Waals surface area contributed by atoms with Gasteiger partial charge in [0, 0.05) is 41.8 Å². The van der Waals surface area contributed by atoms with Crippen LogP contribution in [0.1, 0.15) is 12.8 Å². The molecule has 5 rings (SSSR count). The van der Waals surface area contributed by atoms with E-state index in [9.17, 15) is 14.7 Å². The van der Waals surface area contributed by atoms with E-state index in [2.05, 4.69) is 10.4 Å². The van der Waals surface area contributed by atoms with Crippen LogP contribution < -0.4 is 20.5 Å². The molecule has 1 aromatic heterocycles. The van der Waals surface area contributed by atoms with Crippen LogP contribution in [-0.2, 0) is 11.3 Å². The molecule has 1 fully saturated rings. The number of nitrogens with one attached hydrogen (secondary N) is 1. The number of amides is 1. The van der Waals surface area contributed by atoms with Crippen molar-refractivity contribution in [1.82, 2.24) is 9.78 Å². The average Bonchev–Trinajstić information content (AvgIpc) is 3.73. The summed E-state index contributed by atoms with van der Waals surface area (Å²) in [6.45, 7) is 0.328. The van der Waals surface area contributed by atoms with Crippen molar-refractivity contribution in [2.24, 2.45) is 5.92 Å². The first kappa shape index (κ1) is 24.6. The summed E-state index contributed by atoms with van der Waals surface area (Å²) in [5.74, 6) is 0.822. The SMILES string of the molecule is CNc1ccc(N(C)C(=O)Cn2nc(-c3cccc(Cl)c3)c3ccc(OCC4CC4)cc3c2=O)cc1O. The van der Waals surface area contributed by atoms with E-state index in [4.69, 9.17) is 16.3 Å². The third kappa shape index (κ3) is 5.24. The molecule has 2 N–H and O–H groups in total. The quantitative estimate of drug-likeness (QED) is 0.321. The largest absolute Gasteiger partial charge is 0.506 e. The van der Waals surface area contributed by atoms with Gasteiger partial charge in [-0.2, -0.15) is 5.10 Å². The van der Waals surface area contributed by atoms with Crippen molar-refractivity contribution >= 4 is 39.7 Å². The van der Waals surface area contributed by atoms with Crippen LogP contribution in [0, 0.1) is 5.92 Å². The monoisotopic (exact) mass is 518 g/mol. The zero-order valence-corrected chi connectivity index (χ0v) is 21.3. The van der Waals surface area contributed by atoms with Crippen molar-refractivity contribution < 1.29 is 14.6 Å². The van der Waals surface area contributed by atoms with Gasteiger partial charge in [0.05, 0.1) is 23.4 Å². The van der Waals surface area contributed by atoms with Gasteiger partial charge in [0.25, 0.3) is 5.56 Å². The number of fused-ring (bicyclic) bond motifs is 1. The second-order valence-electron chi connectivity index (χ2n) is 9.19. The molecule has 1 aliphatic carbocycles. The maximum Gasteiger partial charge on any atom is 0.275 e. The van der Waals surface area contributed by atoms with Crippen molar-refractivity contribution in [3.8, 4) is 22.8 Å². The Hall–Kier alpha value is -4.04. The standard InChI is InChI=1S/C28H27ClN4O4/c1-30-24-11-8-20(13-25(24)34)32(2)26(35)15-33-28(36)23-14-21(37-16-17-6-7-17)9-10-22(23)27(31-33)18-4-3-5-19(29)12-18/h3-5,8-14,17,30,34H,6-7,15-16H2,1-2H3. The highest BCUT2D eigenvalue weighted by Crippen LogP contribution is 2.32. The highest BCUT2D eigenvalue weighted by molar-refractivity contribution is 6.30. The van der Waals surface area contributed by atoms with Crippen molar-refractivity contribution in [2.75, 3.05) is 30.9 Å². The van der Waals surface area contributed by atoms with Crippen LogP contribution >= 0.6 is 11.6 Å². The Labute approximate surface area is 219 Å². The van der Waals surface area contributed by atoms with Crippen LogP contribution in [0.5, 0.6) is 11.5 Å². The minimum absolute atomic E-state index is 0.0163. The summed E-state index contributed by atoms with van der Waals surface area (Å²) in [5.41, 5.74) is 1.90. The average molecular weight is 519 g/mol. The molecule has 8 nitrogen and oxygen atoms in total. The number of aromatic hydroxyl groups is 1. The second kappa shape index (κ2) is 10.1. The number of halogens is 1. The summed E-state index contributed by atoms with van der Waals surface area (Å²) in [6.07, 6.45) is 2.32. The van der Waals surface area contributed by atoms with Gasteiger partial charge in [-0.3, -0.25) is 9.59 Å². The molecule has 0 aliphatic heterocycles. The van der Waals surface area contributed by atoms with Crippen LogP contribution in [0.25, 0.3) is 22.0 Å². The molecule has 37 heavy (non-hydrogen) atoms. The number of carbonyl (C=O) groups is 1. The molecular formula is C28H27ClN4O4. The van der Waals surface area contributed by atoms with E-state index in [0.717, 1.165) is 18.4 Å². The molecule has 1 saturated carbocycles. The van der Waals surface area contributed by atoms with Gasteiger partial charge in [-0.25, -0.2) is 4.68 Å². The Morgan fingerprint density at radius 3 is 2.68 bits per heavy atom. The zero-order chi connectivity index (χ0) is 26.1. The fourth-order valence-corrected chi connectivity index (χ4v) is 4.32. The van der Waals surface area contributed by atoms with E-state index >= 15 is 0 Å². The van der Waals surface area contributed by atoms with Crippen molar-refractivity contribution in [1.29, 1.82) is 0 Å². The molecule has 0 radical (unpaired) electrons. The minimum Gasteiger partial charge on any atom is -0.506 e. The van der Waals surface area contributed by atoms with Gasteiger partial charge in [-0.05, 0) is 61.2 Å². The summed E-state index contributed by atoms with van der Waals surface area (Å²) >= 11 is 6.25. The number of benzene rings is 3. The van der Waals surface area contributed by atoms with Gasteiger partial charge in [-0.1, -0.05) is 23.7 Å². The number of carbonyl (C=O) groups excluding carboxylic acids is 1. The van der Waals surface area contributed by atoms with E-state index in [1.165, 1.54) is 15.6 Å². The molecular weight excluding hydrogens is 492 g/mol. The Morgan fingerprint density at radius 1 is 1.16 bits per heavy atom. The van der Waals surface area contributed by atoms with E-state index in [1.54, 1.807) is 44.4 Å². The third-order valence-electron chi connectivity index (χ3n) is 6.51. The van der Waals surface area contributed by atoms with E-state index in [-0.39, 0.29) is 18.2 Å². The lowest BCUT2D eigenvalue weighted by Gasteiger charge is -2.19. The summed E-state index contributed by atoms with van der Waals surface area (Å²) in [4.78, 5) is 28.1. The van der Waals surface area contributed by atoms with Crippen molar-refractivity contribution in [3.05, 3.63) is 76.0 Å². The lowest BCUT2D eigenvalue weighted by molar-refractivity contribution is -0.119. The maximum absolute atomic E-state index is 13.5. The number of hydrogen-bond donors (Lipinski definition) is 2. The maximum atomic E-state index is 13.5. The molecule has 9 heteroatoms. The van der Waals surface area contributed by atoms with Gasteiger partial charge >= 0.3 is 0 Å². The summed E-state index contributed by atoms with van der Waals surface area (Å²) in [6, 6.07) is 17.5. The lowest BCUT2D eigenvalue weighted by atomic mass is 10.0. The Morgan fingerprint density at radius 2 is 1.97 bits per heavy atom. The molecule has 3 aromatic carbocycles. The first-order chi connectivity index (χ1) is 17.8. The number of aromatic nitrogens is 2. The molecule has 0 atom stereocenters. The first-order valence-electron chi connectivity index (χ1n) is 12.0. The number of ether oxygens (including phenoxy) is 1. The van der Waals surface area contributed by atoms with E-state index in [1.807, 2.05) is 24.3 Å². The van der Waals surface area contributed by atoms with Crippen LogP contribution in [-0.4, -0.2) is 41.5 Å². The summed E-state index contributed by atoms with van der Waals surface area (Å²) in [5, 5.41) is 19.2. The highest BCUT2D eigenvalue weighted by atomic mass is 35.5. The van der Waals surface area contributed by atoms with Gasteiger partial charge < -0.3 is 20.1 Å². The van der Waals surface area contributed by atoms with Crippen molar-refractivity contribution in [2.45, 2.75) is 19.4 Å². The molecule has 4 aromatic rings. The van der Waals surface area contributed by atoms with Crippen LogP contribution in [0.15, 0.2) is 65.5 Å². The van der Waals surface area contributed by atoms with Crippen LogP contribution in [0.2, 0.25) is 5.02 Å². The Bertz CT molecular complexity index is 1550. The van der Waals surface area contributed by atoms with Crippen LogP contribution in [0.4, 0.5) is 11.4 Å². The van der Waals surface area contributed by atoms with Gasteiger partial charge in [0.15, 0.2) is 0 Å². The second-order valence-corrected chi connectivity index (χ2v) is 9.62. The van der Waals surface area contributed by atoms with Gasteiger partial charge in [0.1, 0.15) is 18.0 Å². The molecule has 190 valence electrons. The van der Waals surface area contributed by atoms with Crippen molar-refractivity contribution in [3.63, 3.8) is 0 Å². The number of hydrogen-bond acceptors (Lipinski definition) is 6.